The SMILES string of the molecule is CCCCCCCCCCCCCCCC(=O)N[C@H](C(=O)N[C@H](C(=O)C[C@@H](Cc1ccccc1)C(=O)N[C@@H](CCCN=C(N)N)C(=O)C[C@@H](CO)C(=O)N[C@@H](C)C(=O)C[C@H](C)CCCN=C(N)N)C(C)C)[C@@H](C)O. The largest absolute Gasteiger partial charge is 0.396 e. The molecule has 0 aliphatic carbocycles. The minimum absolute atomic E-state index is 0.0115. The summed E-state index contributed by atoms with van der Waals surface area (Å²) >= 11 is 0. The van der Waals surface area contributed by atoms with Crippen molar-refractivity contribution in [2.45, 2.75) is 213 Å². The Balaban J connectivity index is 3.11. The fourth-order valence-electron chi connectivity index (χ4n) is 8.76. The number of nitrogens with zero attached hydrogens (tertiary/aromatic N) is 2. The van der Waals surface area contributed by atoms with Crippen LogP contribution in [0.1, 0.15) is 182 Å². The molecule has 8 atom stereocenters. The van der Waals surface area contributed by atoms with Gasteiger partial charge in [0.1, 0.15) is 6.04 Å². The molecular formula is C55H96N10O9. The van der Waals surface area contributed by atoms with E-state index in [-0.39, 0.29) is 74.6 Å². The maximum Gasteiger partial charge on any atom is 0.245 e. The summed E-state index contributed by atoms with van der Waals surface area (Å²) in [5.41, 5.74) is 22.5. The summed E-state index contributed by atoms with van der Waals surface area (Å²) in [6.45, 7) is 10.3. The highest BCUT2D eigenvalue weighted by molar-refractivity contribution is 5.97. The van der Waals surface area contributed by atoms with E-state index in [2.05, 4.69) is 38.2 Å². The second kappa shape index (κ2) is 39.0. The molecule has 19 heteroatoms. The average Bonchev–Trinajstić information content (AvgIpc) is 3.34. The van der Waals surface area contributed by atoms with Gasteiger partial charge in [-0.3, -0.25) is 43.5 Å². The number of aliphatic imine (C=N–C) groups is 2. The molecule has 4 amide bonds. The topological polar surface area (TPSA) is 337 Å². The molecule has 0 saturated heterocycles. The van der Waals surface area contributed by atoms with E-state index in [1.807, 2.05) is 6.92 Å². The van der Waals surface area contributed by atoms with Crippen LogP contribution in [0.2, 0.25) is 0 Å². The van der Waals surface area contributed by atoms with Crippen LogP contribution in [0.3, 0.4) is 0 Å². The van der Waals surface area contributed by atoms with Gasteiger partial charge in [-0.1, -0.05) is 135 Å². The van der Waals surface area contributed by atoms with Crippen LogP contribution >= 0.6 is 0 Å². The molecule has 1 aromatic carbocycles. The van der Waals surface area contributed by atoms with Crippen molar-refractivity contribution >= 4 is 52.9 Å². The van der Waals surface area contributed by atoms with E-state index in [0.29, 0.717) is 25.8 Å². The number of carbonyl (C=O) groups is 7. The molecule has 0 aliphatic heterocycles. The first kappa shape index (κ1) is 66.6. The molecule has 0 spiro atoms. The molecule has 0 bridgehead atoms. The summed E-state index contributed by atoms with van der Waals surface area (Å²) in [7, 11) is 0. The number of unbranched alkanes of at least 4 members (excludes halogenated alkanes) is 12. The minimum atomic E-state index is -1.33. The van der Waals surface area contributed by atoms with Gasteiger partial charge in [0.2, 0.25) is 23.6 Å². The average molecular weight is 1040 g/mol. The lowest BCUT2D eigenvalue weighted by Gasteiger charge is -2.28. The van der Waals surface area contributed by atoms with Crippen LogP contribution in [0.15, 0.2) is 40.3 Å². The lowest BCUT2D eigenvalue weighted by atomic mass is 9.87. The Morgan fingerprint density at radius 1 is 0.554 bits per heavy atom. The monoisotopic (exact) mass is 1040 g/mol. The van der Waals surface area contributed by atoms with E-state index in [4.69, 9.17) is 22.9 Å². The number of hydrogen-bond donors (Lipinski definition) is 10. The number of hydrogen-bond acceptors (Lipinski definition) is 11. The smallest absolute Gasteiger partial charge is 0.245 e. The molecule has 0 aromatic heterocycles. The van der Waals surface area contributed by atoms with Gasteiger partial charge in [-0.15, -0.1) is 0 Å². The van der Waals surface area contributed by atoms with Crippen LogP contribution in [0.25, 0.3) is 0 Å². The van der Waals surface area contributed by atoms with Gasteiger partial charge < -0.3 is 54.4 Å². The van der Waals surface area contributed by atoms with Crippen molar-refractivity contribution < 1.29 is 43.8 Å². The lowest BCUT2D eigenvalue weighted by molar-refractivity contribution is -0.136. The maximum atomic E-state index is 14.4. The number of ketones is 3. The Morgan fingerprint density at radius 3 is 1.58 bits per heavy atom. The summed E-state index contributed by atoms with van der Waals surface area (Å²) in [4.78, 5) is 104. The fourth-order valence-corrected chi connectivity index (χ4v) is 8.76. The molecule has 0 aliphatic rings. The summed E-state index contributed by atoms with van der Waals surface area (Å²) in [5, 5.41) is 31.8. The van der Waals surface area contributed by atoms with Gasteiger partial charge in [0, 0.05) is 44.7 Å². The number of rotatable bonds is 43. The van der Waals surface area contributed by atoms with Gasteiger partial charge in [0.15, 0.2) is 29.3 Å². The molecule has 74 heavy (non-hydrogen) atoms. The second-order valence-corrected chi connectivity index (χ2v) is 20.6. The lowest BCUT2D eigenvalue weighted by Crippen LogP contribution is -2.57. The first-order valence-electron chi connectivity index (χ1n) is 27.4. The van der Waals surface area contributed by atoms with E-state index in [1.54, 1.807) is 44.2 Å². The van der Waals surface area contributed by atoms with Gasteiger partial charge in [-0.05, 0) is 69.8 Å². The molecule has 0 radical (unpaired) electrons. The van der Waals surface area contributed by atoms with Crippen molar-refractivity contribution in [3.63, 3.8) is 0 Å². The zero-order chi connectivity index (χ0) is 55.4. The second-order valence-electron chi connectivity index (χ2n) is 20.6. The van der Waals surface area contributed by atoms with Gasteiger partial charge in [0.05, 0.1) is 36.8 Å². The number of benzene rings is 1. The summed E-state index contributed by atoms with van der Waals surface area (Å²) in [6.07, 6.45) is 15.0. The Hall–Kier alpha value is -5.43. The van der Waals surface area contributed by atoms with Crippen molar-refractivity contribution in [2.24, 2.45) is 56.6 Å². The van der Waals surface area contributed by atoms with Crippen LogP contribution in [0.5, 0.6) is 0 Å². The molecule has 1 aromatic rings. The molecule has 19 nitrogen and oxygen atoms in total. The summed E-state index contributed by atoms with van der Waals surface area (Å²) in [5.74, 6) is -6.73. The quantitative estimate of drug-likeness (QED) is 0.0244. The third kappa shape index (κ3) is 30.1. The third-order valence-corrected chi connectivity index (χ3v) is 13.3. The van der Waals surface area contributed by atoms with E-state index in [9.17, 15) is 43.8 Å². The van der Waals surface area contributed by atoms with Crippen LogP contribution in [0, 0.1) is 23.7 Å². The van der Waals surface area contributed by atoms with Crippen LogP contribution < -0.4 is 44.2 Å². The van der Waals surface area contributed by atoms with Crippen molar-refractivity contribution in [2.75, 3.05) is 19.7 Å². The number of nitrogens with two attached hydrogens (primary N) is 4. The Labute approximate surface area is 441 Å². The first-order chi connectivity index (χ1) is 35.2. The van der Waals surface area contributed by atoms with Crippen LogP contribution in [0.4, 0.5) is 0 Å². The summed E-state index contributed by atoms with van der Waals surface area (Å²) in [6, 6.07) is 4.43. The number of guanidine groups is 2. The molecular weight excluding hydrogens is 945 g/mol. The van der Waals surface area contributed by atoms with Crippen LogP contribution in [-0.2, 0) is 40.0 Å². The number of carbonyl (C=O) groups excluding carboxylic acids is 7. The van der Waals surface area contributed by atoms with Crippen molar-refractivity contribution in [3.05, 3.63) is 35.9 Å². The molecule has 0 heterocycles. The first-order valence-corrected chi connectivity index (χ1v) is 27.4. The van der Waals surface area contributed by atoms with Gasteiger partial charge in [-0.25, -0.2) is 0 Å². The standard InChI is InChI=1S/C55H96N10O9/c1-7-8-9-10-11-12-13-14-15-16-17-18-22-29-48(71)64-50(40(6)67)53(74)65-49(37(2)3)47(70)34-42(33-41-26-20-19-21-27-41)51(72)63-44(28-24-31-61-55(58)59)46(69)35-43(36-66)52(73)62-39(5)45(68)32-38(4)25-23-30-60-54(56)57/h19-21,26-27,37-40,42-44,49-50,66-67H,7-18,22-25,28-36H2,1-6H3,(H,62,73)(H,63,72)(H,64,71)(H,65,74)(H4,56,57,60)(H4,58,59,61)/t38-,39+,40-,42-,43+,44+,49+,50+/m1/s1. The molecule has 0 saturated carbocycles. The van der Waals surface area contributed by atoms with Crippen molar-refractivity contribution in [1.82, 2.24) is 21.3 Å². The Kier molecular flexibility index (Phi) is 35.1. The number of nitrogens with one attached hydrogen (secondary N) is 4. The predicted octanol–water partition coefficient (Wildman–Crippen LogP) is 4.55. The van der Waals surface area contributed by atoms with Gasteiger partial charge in [-0.2, -0.15) is 0 Å². The van der Waals surface area contributed by atoms with E-state index < -0.39 is 90.3 Å². The summed E-state index contributed by atoms with van der Waals surface area (Å²) < 4.78 is 0. The van der Waals surface area contributed by atoms with Crippen LogP contribution in [-0.4, -0.2) is 113 Å². The number of Topliss-reactive ketones (excluding diaryl/α,β-unsaturated/α-hetero) is 3. The normalized spacial score (nSPS) is 14.5. The maximum absolute atomic E-state index is 14.4. The van der Waals surface area contributed by atoms with Gasteiger partial charge >= 0.3 is 0 Å². The third-order valence-electron chi connectivity index (χ3n) is 13.3. The van der Waals surface area contributed by atoms with Crippen molar-refractivity contribution in [1.29, 1.82) is 0 Å². The van der Waals surface area contributed by atoms with E-state index >= 15 is 0 Å². The fraction of sp³-hybridized carbons (Fsp3) is 0.727. The number of aliphatic hydroxyl groups excluding tert-OH is 2. The minimum Gasteiger partial charge on any atom is -0.396 e. The molecule has 14 N–H and O–H groups in total. The Bertz CT molecular complexity index is 1870. The zero-order valence-electron chi connectivity index (χ0n) is 45.7. The molecule has 420 valence electrons. The predicted molar refractivity (Wildman–Crippen MR) is 292 cm³/mol. The highest BCUT2D eigenvalue weighted by Crippen LogP contribution is 2.20. The van der Waals surface area contributed by atoms with Gasteiger partial charge in [0.25, 0.3) is 0 Å². The Morgan fingerprint density at radius 2 is 1.07 bits per heavy atom. The highest BCUT2D eigenvalue weighted by Gasteiger charge is 2.35. The van der Waals surface area contributed by atoms with Crippen molar-refractivity contribution in [3.8, 4) is 0 Å². The number of amides is 4. The molecule has 1 rings (SSSR count). The highest BCUT2D eigenvalue weighted by atomic mass is 16.3. The molecule has 0 unspecified atom stereocenters. The van der Waals surface area contributed by atoms with E-state index in [1.165, 1.54) is 71.6 Å². The number of aliphatic hydroxyl groups is 2. The van der Waals surface area contributed by atoms with E-state index in [0.717, 1.165) is 24.8 Å². The molecule has 0 fully saturated rings. The zero-order valence-corrected chi connectivity index (χ0v) is 45.7.